The zero-order chi connectivity index (χ0) is 12.5. The van der Waals surface area contributed by atoms with Crippen LogP contribution in [0.5, 0.6) is 0 Å². The fourth-order valence-corrected chi connectivity index (χ4v) is 3.76. The normalized spacial score (nSPS) is 13.8. The van der Waals surface area contributed by atoms with Crippen LogP contribution in [0.2, 0.25) is 0 Å². The minimum Gasteiger partial charge on any atom is -0.229 e. The molecule has 0 amide bonds. The van der Waals surface area contributed by atoms with E-state index in [4.69, 9.17) is 11.6 Å². The van der Waals surface area contributed by atoms with Crippen LogP contribution >= 0.6 is 11.6 Å². The van der Waals surface area contributed by atoms with Crippen molar-refractivity contribution in [3.63, 3.8) is 0 Å². The zero-order valence-electron chi connectivity index (χ0n) is 10.0. The summed E-state index contributed by atoms with van der Waals surface area (Å²) in [6, 6.07) is 4.06. The van der Waals surface area contributed by atoms with Crippen molar-refractivity contribution >= 4 is 21.4 Å². The van der Waals surface area contributed by atoms with Gasteiger partial charge in [0.15, 0.2) is 0 Å². The van der Waals surface area contributed by atoms with Gasteiger partial charge in [-0.1, -0.05) is 17.7 Å². The molecule has 0 saturated carbocycles. The first-order valence-corrected chi connectivity index (χ1v) is 7.60. The van der Waals surface area contributed by atoms with Crippen molar-refractivity contribution in [2.24, 2.45) is 0 Å². The molecule has 0 heterocycles. The summed E-state index contributed by atoms with van der Waals surface area (Å²) in [5.74, 6) is -0.0146. The van der Waals surface area contributed by atoms with Gasteiger partial charge < -0.3 is 0 Å². The minimum absolute atomic E-state index is 0.0146. The van der Waals surface area contributed by atoms with Gasteiger partial charge >= 0.3 is 0 Å². The summed E-state index contributed by atoms with van der Waals surface area (Å²) in [5, 5.41) is -0.462. The Kier molecular flexibility index (Phi) is 4.02. The average molecular weight is 261 g/mol. The predicted molar refractivity (Wildman–Crippen MR) is 69.0 cm³/mol. The van der Waals surface area contributed by atoms with Crippen LogP contribution in [0.15, 0.2) is 12.1 Å². The molecule has 1 atom stereocenters. The molecular formula is C12H17ClO2S. The quantitative estimate of drug-likeness (QED) is 0.783. The van der Waals surface area contributed by atoms with Gasteiger partial charge in [-0.2, -0.15) is 0 Å². The van der Waals surface area contributed by atoms with Gasteiger partial charge in [-0.25, -0.2) is 8.42 Å². The number of hydrogen-bond donors (Lipinski definition) is 0. The SMILES string of the molecule is Cc1cc(C)c(C(Cl)CS(C)(=O)=O)c(C)c1. The molecule has 0 bridgehead atoms. The summed E-state index contributed by atoms with van der Waals surface area (Å²) < 4.78 is 22.4. The highest BCUT2D eigenvalue weighted by Gasteiger charge is 2.18. The van der Waals surface area contributed by atoms with Crippen molar-refractivity contribution in [3.8, 4) is 0 Å². The van der Waals surface area contributed by atoms with E-state index in [0.717, 1.165) is 16.7 Å². The molecule has 1 rings (SSSR count). The molecule has 4 heteroatoms. The Morgan fingerprint density at radius 1 is 1.19 bits per heavy atom. The highest BCUT2D eigenvalue weighted by Crippen LogP contribution is 2.29. The van der Waals surface area contributed by atoms with Crippen LogP contribution in [-0.4, -0.2) is 20.4 Å². The molecule has 0 aromatic heterocycles. The van der Waals surface area contributed by atoms with Gasteiger partial charge in [-0.3, -0.25) is 0 Å². The number of hydrogen-bond acceptors (Lipinski definition) is 2. The fraction of sp³-hybridized carbons (Fsp3) is 0.500. The lowest BCUT2D eigenvalue weighted by molar-refractivity contribution is 0.600. The Morgan fingerprint density at radius 3 is 2.00 bits per heavy atom. The topological polar surface area (TPSA) is 34.1 Å². The first kappa shape index (κ1) is 13.5. The summed E-state index contributed by atoms with van der Waals surface area (Å²) in [5.41, 5.74) is 4.22. The number of alkyl halides is 1. The lowest BCUT2D eigenvalue weighted by Gasteiger charge is -2.15. The van der Waals surface area contributed by atoms with Gasteiger partial charge in [0.25, 0.3) is 0 Å². The molecule has 2 nitrogen and oxygen atoms in total. The van der Waals surface area contributed by atoms with Crippen molar-refractivity contribution in [3.05, 3.63) is 34.4 Å². The van der Waals surface area contributed by atoms with E-state index >= 15 is 0 Å². The third-order valence-electron chi connectivity index (χ3n) is 2.50. The second-order valence-corrected chi connectivity index (χ2v) is 7.08. The van der Waals surface area contributed by atoms with E-state index in [-0.39, 0.29) is 5.75 Å². The largest absolute Gasteiger partial charge is 0.229 e. The van der Waals surface area contributed by atoms with Crippen LogP contribution in [0.3, 0.4) is 0 Å². The Morgan fingerprint density at radius 2 is 1.62 bits per heavy atom. The van der Waals surface area contributed by atoms with Gasteiger partial charge in [0, 0.05) is 6.26 Å². The third kappa shape index (κ3) is 3.49. The standard InChI is InChI=1S/C12H17ClO2S/c1-8-5-9(2)12(10(3)6-8)11(13)7-16(4,14)15/h5-6,11H,7H2,1-4H3. The third-order valence-corrected chi connectivity index (χ3v) is 3.99. The van der Waals surface area contributed by atoms with E-state index in [1.807, 2.05) is 32.9 Å². The van der Waals surface area contributed by atoms with Crippen molar-refractivity contribution in [2.75, 3.05) is 12.0 Å². The highest BCUT2D eigenvalue weighted by molar-refractivity contribution is 7.90. The molecule has 0 radical (unpaired) electrons. The molecule has 0 aliphatic carbocycles. The lowest BCUT2D eigenvalue weighted by atomic mass is 9.98. The number of benzene rings is 1. The van der Waals surface area contributed by atoms with Crippen LogP contribution in [0, 0.1) is 20.8 Å². The van der Waals surface area contributed by atoms with Crippen molar-refractivity contribution in [2.45, 2.75) is 26.1 Å². The molecule has 1 unspecified atom stereocenters. The molecule has 0 N–H and O–H groups in total. The summed E-state index contributed by atoms with van der Waals surface area (Å²) >= 11 is 6.17. The molecule has 90 valence electrons. The first-order chi connectivity index (χ1) is 7.20. The van der Waals surface area contributed by atoms with Gasteiger partial charge in [-0.05, 0) is 37.5 Å². The maximum atomic E-state index is 11.2. The number of rotatable bonds is 3. The molecule has 0 aliphatic heterocycles. The Balaban J connectivity index is 3.14. The van der Waals surface area contributed by atoms with Crippen LogP contribution < -0.4 is 0 Å². The van der Waals surface area contributed by atoms with Crippen molar-refractivity contribution in [1.82, 2.24) is 0 Å². The monoisotopic (exact) mass is 260 g/mol. The maximum absolute atomic E-state index is 11.2. The van der Waals surface area contributed by atoms with Crippen LogP contribution in [0.4, 0.5) is 0 Å². The van der Waals surface area contributed by atoms with Crippen LogP contribution in [0.25, 0.3) is 0 Å². The average Bonchev–Trinajstić information content (AvgIpc) is 1.96. The second-order valence-electron chi connectivity index (χ2n) is 4.37. The molecule has 16 heavy (non-hydrogen) atoms. The first-order valence-electron chi connectivity index (χ1n) is 5.10. The number of aryl methyl sites for hydroxylation is 3. The van der Waals surface area contributed by atoms with Crippen LogP contribution in [-0.2, 0) is 9.84 Å². The van der Waals surface area contributed by atoms with E-state index < -0.39 is 15.2 Å². The fourth-order valence-electron chi connectivity index (χ4n) is 2.03. The number of halogens is 1. The highest BCUT2D eigenvalue weighted by atomic mass is 35.5. The number of sulfone groups is 1. The molecule has 0 fully saturated rings. The predicted octanol–water partition coefficient (Wildman–Crippen LogP) is 2.94. The van der Waals surface area contributed by atoms with E-state index in [0.29, 0.717) is 0 Å². The Hall–Kier alpha value is -0.540. The summed E-state index contributed by atoms with van der Waals surface area (Å²) in [6.07, 6.45) is 1.21. The van der Waals surface area contributed by atoms with E-state index in [9.17, 15) is 8.42 Å². The Labute approximate surface area is 103 Å². The summed E-state index contributed by atoms with van der Waals surface area (Å²) in [6.45, 7) is 5.95. The van der Waals surface area contributed by atoms with Gasteiger partial charge in [0.1, 0.15) is 9.84 Å². The van der Waals surface area contributed by atoms with E-state index in [1.54, 1.807) is 0 Å². The molecule has 1 aromatic rings. The molecular weight excluding hydrogens is 244 g/mol. The van der Waals surface area contributed by atoms with E-state index in [2.05, 4.69) is 0 Å². The molecule has 0 aliphatic rings. The van der Waals surface area contributed by atoms with Gasteiger partial charge in [-0.15, -0.1) is 11.6 Å². The second kappa shape index (κ2) is 4.76. The zero-order valence-corrected chi connectivity index (χ0v) is 11.6. The van der Waals surface area contributed by atoms with Gasteiger partial charge in [0.2, 0.25) is 0 Å². The molecule has 0 spiro atoms. The van der Waals surface area contributed by atoms with Gasteiger partial charge in [0.05, 0.1) is 11.1 Å². The Bertz CT molecular complexity index is 469. The van der Waals surface area contributed by atoms with Crippen LogP contribution in [0.1, 0.15) is 27.6 Å². The molecule has 1 aromatic carbocycles. The minimum atomic E-state index is -3.05. The van der Waals surface area contributed by atoms with Crippen molar-refractivity contribution < 1.29 is 8.42 Å². The maximum Gasteiger partial charge on any atom is 0.149 e. The smallest absolute Gasteiger partial charge is 0.149 e. The summed E-state index contributed by atoms with van der Waals surface area (Å²) in [4.78, 5) is 0. The molecule has 0 saturated heterocycles. The lowest BCUT2D eigenvalue weighted by Crippen LogP contribution is -2.11. The van der Waals surface area contributed by atoms with E-state index in [1.165, 1.54) is 11.8 Å². The summed E-state index contributed by atoms with van der Waals surface area (Å²) in [7, 11) is -3.05. The van der Waals surface area contributed by atoms with Crippen molar-refractivity contribution in [1.29, 1.82) is 0 Å².